The number of fused-ring (bicyclic) bond motifs is 7. The summed E-state index contributed by atoms with van der Waals surface area (Å²) in [5.41, 5.74) is 18.6. The van der Waals surface area contributed by atoms with Crippen molar-refractivity contribution in [1.82, 2.24) is 0 Å². The van der Waals surface area contributed by atoms with Gasteiger partial charge in [-0.1, -0.05) is 172 Å². The lowest BCUT2D eigenvalue weighted by atomic mass is 9.66. The molecule has 0 aliphatic heterocycles. The molecule has 8 aromatic rings. The molecule has 0 fully saturated rings. The molecule has 0 heterocycles. The largest absolute Gasteiger partial charge is 0.310 e. The zero-order valence-corrected chi connectivity index (χ0v) is 32.4. The van der Waals surface area contributed by atoms with E-state index in [9.17, 15) is 0 Å². The van der Waals surface area contributed by atoms with Crippen molar-refractivity contribution >= 4 is 27.8 Å². The molecule has 1 unspecified atom stereocenters. The van der Waals surface area contributed by atoms with E-state index < -0.39 is 5.41 Å². The van der Waals surface area contributed by atoms with Gasteiger partial charge < -0.3 is 4.90 Å². The van der Waals surface area contributed by atoms with Crippen molar-refractivity contribution in [3.8, 4) is 33.4 Å². The van der Waals surface area contributed by atoms with E-state index in [-0.39, 0.29) is 5.41 Å². The maximum Gasteiger partial charge on any atom is 0.0711 e. The molecule has 57 heavy (non-hydrogen) atoms. The SMILES string of the molecule is CC1(C)c2ccccc2-c2ccc(N(c3ccc4c(c3)C(C3=CCCC=C3)(c3ccccc3)c3ccc(-c5ccccc5)cc3-4)c3ccc4ccccc4c3)cc21. The van der Waals surface area contributed by atoms with Gasteiger partial charge in [0.2, 0.25) is 0 Å². The van der Waals surface area contributed by atoms with Gasteiger partial charge in [0.1, 0.15) is 0 Å². The molecule has 0 N–H and O–H groups in total. The summed E-state index contributed by atoms with van der Waals surface area (Å²) in [7, 11) is 0. The minimum atomic E-state index is -0.481. The van der Waals surface area contributed by atoms with Gasteiger partial charge in [-0.15, -0.1) is 0 Å². The van der Waals surface area contributed by atoms with Crippen LogP contribution in [0.25, 0.3) is 44.2 Å². The van der Waals surface area contributed by atoms with Crippen LogP contribution in [0.1, 0.15) is 54.5 Å². The van der Waals surface area contributed by atoms with E-state index in [1.54, 1.807) is 0 Å². The summed E-state index contributed by atoms with van der Waals surface area (Å²) in [5.74, 6) is 0. The van der Waals surface area contributed by atoms with Gasteiger partial charge in [-0.05, 0) is 133 Å². The van der Waals surface area contributed by atoms with Crippen LogP contribution in [-0.2, 0) is 10.8 Å². The number of hydrogen-bond donors (Lipinski definition) is 0. The summed E-state index contributed by atoms with van der Waals surface area (Å²) in [6.07, 6.45) is 9.35. The molecule has 0 spiro atoms. The Morgan fingerprint density at radius 2 is 1.05 bits per heavy atom. The smallest absolute Gasteiger partial charge is 0.0711 e. The molecule has 1 atom stereocenters. The molecule has 3 aliphatic rings. The lowest BCUT2D eigenvalue weighted by Gasteiger charge is -2.36. The topological polar surface area (TPSA) is 3.24 Å². The van der Waals surface area contributed by atoms with Gasteiger partial charge in [0.15, 0.2) is 0 Å². The molecule has 0 aromatic heterocycles. The maximum absolute atomic E-state index is 2.51. The Kier molecular flexibility index (Phi) is 7.63. The second-order valence-electron chi connectivity index (χ2n) is 16.4. The Morgan fingerprint density at radius 1 is 0.421 bits per heavy atom. The molecule has 0 amide bonds. The Morgan fingerprint density at radius 3 is 1.82 bits per heavy atom. The molecule has 0 bridgehead atoms. The van der Waals surface area contributed by atoms with Crippen molar-refractivity contribution in [3.05, 3.63) is 234 Å². The van der Waals surface area contributed by atoms with E-state index in [0.29, 0.717) is 0 Å². The fourth-order valence-corrected chi connectivity index (χ4v) is 10.2. The number of anilines is 3. The fraction of sp³-hybridized carbons (Fsp3) is 0.107. The van der Waals surface area contributed by atoms with Crippen LogP contribution in [0.4, 0.5) is 17.1 Å². The summed E-state index contributed by atoms with van der Waals surface area (Å²) >= 11 is 0. The van der Waals surface area contributed by atoms with Gasteiger partial charge in [0.05, 0.1) is 5.41 Å². The molecule has 272 valence electrons. The van der Waals surface area contributed by atoms with E-state index in [0.717, 1.165) is 29.9 Å². The second kappa shape index (κ2) is 12.9. The molecule has 0 saturated carbocycles. The predicted octanol–water partition coefficient (Wildman–Crippen LogP) is 14.9. The van der Waals surface area contributed by atoms with Crippen LogP contribution in [0.3, 0.4) is 0 Å². The van der Waals surface area contributed by atoms with Gasteiger partial charge in [-0.3, -0.25) is 0 Å². The first-order chi connectivity index (χ1) is 28.0. The highest BCUT2D eigenvalue weighted by atomic mass is 15.1. The summed E-state index contributed by atoms with van der Waals surface area (Å²) < 4.78 is 0. The number of benzene rings is 8. The highest BCUT2D eigenvalue weighted by Gasteiger charge is 2.47. The van der Waals surface area contributed by atoms with E-state index in [1.807, 2.05) is 0 Å². The van der Waals surface area contributed by atoms with E-state index in [4.69, 9.17) is 0 Å². The lowest BCUT2D eigenvalue weighted by Crippen LogP contribution is -2.29. The molecule has 3 aliphatic carbocycles. The first-order valence-electron chi connectivity index (χ1n) is 20.3. The second-order valence-corrected chi connectivity index (χ2v) is 16.4. The van der Waals surface area contributed by atoms with Crippen molar-refractivity contribution in [2.24, 2.45) is 0 Å². The van der Waals surface area contributed by atoms with Crippen molar-refractivity contribution in [2.45, 2.75) is 37.5 Å². The molecular formula is C56H43N. The van der Waals surface area contributed by atoms with Crippen LogP contribution in [0.2, 0.25) is 0 Å². The third-order valence-electron chi connectivity index (χ3n) is 12.9. The molecule has 11 rings (SSSR count). The summed E-state index contributed by atoms with van der Waals surface area (Å²) in [6.45, 7) is 4.75. The van der Waals surface area contributed by atoms with Crippen molar-refractivity contribution in [3.63, 3.8) is 0 Å². The van der Waals surface area contributed by atoms with Gasteiger partial charge in [-0.25, -0.2) is 0 Å². The van der Waals surface area contributed by atoms with Crippen LogP contribution < -0.4 is 4.90 Å². The van der Waals surface area contributed by atoms with E-state index in [2.05, 4.69) is 219 Å². The zero-order valence-electron chi connectivity index (χ0n) is 32.4. The molecule has 1 nitrogen and oxygen atoms in total. The minimum Gasteiger partial charge on any atom is -0.310 e. The average molecular weight is 730 g/mol. The van der Waals surface area contributed by atoms with Crippen LogP contribution in [0.5, 0.6) is 0 Å². The Hall–Kier alpha value is -6.70. The normalized spacial score (nSPS) is 17.1. The fourth-order valence-electron chi connectivity index (χ4n) is 10.2. The molecule has 8 aromatic carbocycles. The molecular weight excluding hydrogens is 687 g/mol. The number of rotatable bonds is 6. The van der Waals surface area contributed by atoms with Gasteiger partial charge >= 0.3 is 0 Å². The summed E-state index contributed by atoms with van der Waals surface area (Å²) in [5, 5.41) is 2.47. The van der Waals surface area contributed by atoms with Crippen LogP contribution in [-0.4, -0.2) is 0 Å². The first kappa shape index (κ1) is 33.6. The van der Waals surface area contributed by atoms with Gasteiger partial charge in [-0.2, -0.15) is 0 Å². The first-order valence-corrected chi connectivity index (χ1v) is 20.3. The standard InChI is InChI=1S/C56H43N/c1-55(2)51-25-15-14-24-47(51)48-31-29-45(36-53(48)55)57(44-28-26-39-18-12-13-19-40(39)34-44)46-30-32-49-50-35-41(38-16-6-3-7-17-38)27-33-52(50)56(54(49)37-46,42-20-8-4-9-21-42)43-22-10-5-11-23-43/h3-4,6-10,12-37H,5,11H2,1-2H3. The quantitative estimate of drug-likeness (QED) is 0.165. The number of hydrogen-bond acceptors (Lipinski definition) is 1. The van der Waals surface area contributed by atoms with Crippen molar-refractivity contribution < 1.29 is 0 Å². The predicted molar refractivity (Wildman–Crippen MR) is 240 cm³/mol. The van der Waals surface area contributed by atoms with Crippen molar-refractivity contribution in [1.29, 1.82) is 0 Å². The summed E-state index contributed by atoms with van der Waals surface area (Å²) in [6, 6.07) is 68.1. The Balaban J connectivity index is 1.18. The number of nitrogens with zero attached hydrogens (tertiary/aromatic N) is 1. The molecule has 1 heteroatoms. The van der Waals surface area contributed by atoms with Crippen molar-refractivity contribution in [2.75, 3.05) is 4.90 Å². The van der Waals surface area contributed by atoms with Crippen LogP contribution in [0, 0.1) is 0 Å². The Labute approximate surface area is 335 Å². The van der Waals surface area contributed by atoms with Crippen LogP contribution >= 0.6 is 0 Å². The average Bonchev–Trinajstić information content (AvgIpc) is 3.69. The maximum atomic E-state index is 2.51. The van der Waals surface area contributed by atoms with Crippen LogP contribution in [0.15, 0.2) is 206 Å². The number of allylic oxidation sites excluding steroid dienone is 4. The highest BCUT2D eigenvalue weighted by Crippen LogP contribution is 2.59. The third-order valence-corrected chi connectivity index (χ3v) is 12.9. The van der Waals surface area contributed by atoms with Gasteiger partial charge in [0, 0.05) is 22.5 Å². The molecule has 0 radical (unpaired) electrons. The highest BCUT2D eigenvalue weighted by molar-refractivity contribution is 5.94. The monoisotopic (exact) mass is 729 g/mol. The Bertz CT molecular complexity index is 2930. The molecule has 0 saturated heterocycles. The lowest BCUT2D eigenvalue weighted by molar-refractivity contribution is 0.660. The minimum absolute atomic E-state index is 0.116. The summed E-state index contributed by atoms with van der Waals surface area (Å²) in [4.78, 5) is 2.49. The van der Waals surface area contributed by atoms with E-state index in [1.165, 1.54) is 77.5 Å². The zero-order chi connectivity index (χ0) is 38.1. The van der Waals surface area contributed by atoms with Gasteiger partial charge in [0.25, 0.3) is 0 Å². The van der Waals surface area contributed by atoms with E-state index >= 15 is 0 Å². The third kappa shape index (κ3) is 5.08.